The number of rotatable bonds is 9. The molecule has 1 nitrogen and oxygen atoms in total. The monoisotopic (exact) mass is 248 g/mol. The fraction of sp³-hybridized carbons (Fsp3) is 0.647. The average molecular weight is 248 g/mol. The summed E-state index contributed by atoms with van der Waals surface area (Å²) in [5.74, 6) is 0.500. The molecule has 0 spiro atoms. The summed E-state index contributed by atoms with van der Waals surface area (Å²) in [7, 11) is 0. The van der Waals surface area contributed by atoms with Crippen molar-refractivity contribution in [3.63, 3.8) is 0 Å². The lowest BCUT2D eigenvalue weighted by Gasteiger charge is -2.06. The van der Waals surface area contributed by atoms with E-state index in [-0.39, 0.29) is 0 Å². The summed E-state index contributed by atoms with van der Waals surface area (Å²) in [5, 5.41) is 9.90. The first-order chi connectivity index (χ1) is 8.75. The van der Waals surface area contributed by atoms with E-state index in [1.165, 1.54) is 51.4 Å². The van der Waals surface area contributed by atoms with E-state index in [2.05, 4.69) is 6.92 Å². The molecule has 1 rings (SSSR count). The molecule has 0 saturated carbocycles. The summed E-state index contributed by atoms with van der Waals surface area (Å²) in [4.78, 5) is 0. The third kappa shape index (κ3) is 5.57. The molecule has 0 unspecified atom stereocenters. The molecule has 0 aliphatic carbocycles. The minimum absolute atomic E-state index is 0.500. The highest BCUT2D eigenvalue weighted by molar-refractivity contribution is 5.39. The number of phenols is 1. The van der Waals surface area contributed by atoms with Crippen molar-refractivity contribution in [1.29, 1.82) is 0 Å². The maximum absolute atomic E-state index is 9.90. The first-order valence-corrected chi connectivity index (χ1v) is 7.53. The Labute approximate surface area is 112 Å². The highest BCUT2D eigenvalue weighted by Gasteiger charge is 2.02. The van der Waals surface area contributed by atoms with Gasteiger partial charge in [-0.05, 0) is 30.9 Å². The maximum Gasteiger partial charge on any atom is 0.121 e. The third-order valence-electron chi connectivity index (χ3n) is 3.62. The van der Waals surface area contributed by atoms with Gasteiger partial charge in [0.05, 0.1) is 0 Å². The van der Waals surface area contributed by atoms with Crippen LogP contribution in [0.2, 0.25) is 0 Å². The number of phenolic OH excluding ortho intramolecular Hbond substituents is 1. The van der Waals surface area contributed by atoms with Crippen molar-refractivity contribution in [1.82, 2.24) is 0 Å². The largest absolute Gasteiger partial charge is 0.507 e. The van der Waals surface area contributed by atoms with Gasteiger partial charge < -0.3 is 5.11 Å². The van der Waals surface area contributed by atoms with Gasteiger partial charge in [-0.2, -0.15) is 0 Å². The van der Waals surface area contributed by atoms with E-state index in [1.54, 1.807) is 0 Å². The van der Waals surface area contributed by atoms with Crippen molar-refractivity contribution in [2.45, 2.75) is 71.6 Å². The second-order valence-corrected chi connectivity index (χ2v) is 5.31. The van der Waals surface area contributed by atoms with Gasteiger partial charge in [0.2, 0.25) is 0 Å². The van der Waals surface area contributed by atoms with E-state index in [1.807, 2.05) is 25.1 Å². The number of benzene rings is 1. The number of para-hydroxylation sites is 1. The van der Waals surface area contributed by atoms with Crippen LogP contribution in [0.4, 0.5) is 0 Å². The van der Waals surface area contributed by atoms with Gasteiger partial charge in [0, 0.05) is 0 Å². The van der Waals surface area contributed by atoms with E-state index in [4.69, 9.17) is 0 Å². The van der Waals surface area contributed by atoms with E-state index in [0.717, 1.165) is 17.5 Å². The Hall–Kier alpha value is -0.980. The Morgan fingerprint density at radius 3 is 2.17 bits per heavy atom. The minimum atomic E-state index is 0.500. The predicted molar refractivity (Wildman–Crippen MR) is 79.2 cm³/mol. The van der Waals surface area contributed by atoms with Crippen LogP contribution in [0.5, 0.6) is 5.75 Å². The molecule has 1 aromatic rings. The molecule has 0 heterocycles. The molecule has 0 aliphatic rings. The van der Waals surface area contributed by atoms with Crippen molar-refractivity contribution in [3.05, 3.63) is 29.3 Å². The summed E-state index contributed by atoms with van der Waals surface area (Å²) in [6.45, 7) is 4.22. The van der Waals surface area contributed by atoms with Crippen LogP contribution < -0.4 is 0 Å². The van der Waals surface area contributed by atoms with Gasteiger partial charge in [-0.25, -0.2) is 0 Å². The normalized spacial score (nSPS) is 10.8. The minimum Gasteiger partial charge on any atom is -0.507 e. The molecular weight excluding hydrogens is 220 g/mol. The smallest absolute Gasteiger partial charge is 0.121 e. The SMILES string of the molecule is CCCCCCCCCCc1cccc(C)c1O. The molecule has 0 amide bonds. The Balaban J connectivity index is 2.09. The summed E-state index contributed by atoms with van der Waals surface area (Å²) >= 11 is 0. The second kappa shape index (κ2) is 9.02. The van der Waals surface area contributed by atoms with Gasteiger partial charge in [-0.15, -0.1) is 0 Å². The quantitative estimate of drug-likeness (QED) is 0.581. The van der Waals surface area contributed by atoms with Gasteiger partial charge in [-0.1, -0.05) is 70.1 Å². The lowest BCUT2D eigenvalue weighted by atomic mass is 10.0. The van der Waals surface area contributed by atoms with Gasteiger partial charge in [0.1, 0.15) is 5.75 Å². The number of hydrogen-bond acceptors (Lipinski definition) is 1. The summed E-state index contributed by atoms with van der Waals surface area (Å²) in [5.41, 5.74) is 2.10. The summed E-state index contributed by atoms with van der Waals surface area (Å²) in [6.07, 6.45) is 11.7. The predicted octanol–water partition coefficient (Wildman–Crippen LogP) is 5.38. The lowest BCUT2D eigenvalue weighted by molar-refractivity contribution is 0.461. The molecule has 1 N–H and O–H groups in total. The Bertz CT molecular complexity index is 330. The van der Waals surface area contributed by atoms with Crippen molar-refractivity contribution in [2.75, 3.05) is 0 Å². The number of hydrogen-bond donors (Lipinski definition) is 1. The van der Waals surface area contributed by atoms with Crippen LogP contribution in [0.1, 0.15) is 69.4 Å². The molecule has 0 saturated heterocycles. The van der Waals surface area contributed by atoms with Crippen LogP contribution >= 0.6 is 0 Å². The summed E-state index contributed by atoms with van der Waals surface area (Å²) < 4.78 is 0. The van der Waals surface area contributed by atoms with Crippen LogP contribution in [0.15, 0.2) is 18.2 Å². The molecule has 0 bridgehead atoms. The molecular formula is C17H28O. The molecule has 0 aliphatic heterocycles. The van der Waals surface area contributed by atoms with Gasteiger partial charge >= 0.3 is 0 Å². The summed E-state index contributed by atoms with van der Waals surface area (Å²) in [6, 6.07) is 6.05. The van der Waals surface area contributed by atoms with E-state index in [9.17, 15) is 5.11 Å². The third-order valence-corrected chi connectivity index (χ3v) is 3.62. The Morgan fingerprint density at radius 1 is 0.889 bits per heavy atom. The first-order valence-electron chi connectivity index (χ1n) is 7.53. The van der Waals surface area contributed by atoms with Crippen molar-refractivity contribution in [2.24, 2.45) is 0 Å². The topological polar surface area (TPSA) is 20.2 Å². The van der Waals surface area contributed by atoms with Gasteiger partial charge in [0.15, 0.2) is 0 Å². The number of aryl methyl sites for hydroxylation is 2. The number of unbranched alkanes of at least 4 members (excludes halogenated alkanes) is 7. The van der Waals surface area contributed by atoms with E-state index >= 15 is 0 Å². The van der Waals surface area contributed by atoms with Crippen molar-refractivity contribution >= 4 is 0 Å². The Morgan fingerprint density at radius 2 is 1.50 bits per heavy atom. The zero-order valence-corrected chi connectivity index (χ0v) is 12.0. The lowest BCUT2D eigenvalue weighted by Crippen LogP contribution is -1.89. The highest BCUT2D eigenvalue weighted by atomic mass is 16.3. The van der Waals surface area contributed by atoms with Crippen LogP contribution in [0.3, 0.4) is 0 Å². The Kier molecular flexibility index (Phi) is 7.55. The van der Waals surface area contributed by atoms with Crippen LogP contribution in [0, 0.1) is 6.92 Å². The zero-order chi connectivity index (χ0) is 13.2. The first kappa shape index (κ1) is 15.1. The van der Waals surface area contributed by atoms with Gasteiger partial charge in [0.25, 0.3) is 0 Å². The van der Waals surface area contributed by atoms with E-state index in [0.29, 0.717) is 5.75 Å². The van der Waals surface area contributed by atoms with Crippen LogP contribution in [-0.4, -0.2) is 5.11 Å². The molecule has 0 aromatic heterocycles. The molecule has 102 valence electrons. The molecule has 0 fully saturated rings. The molecule has 0 radical (unpaired) electrons. The second-order valence-electron chi connectivity index (χ2n) is 5.31. The number of aromatic hydroxyl groups is 1. The maximum atomic E-state index is 9.90. The van der Waals surface area contributed by atoms with Crippen molar-refractivity contribution in [3.8, 4) is 5.75 Å². The molecule has 1 aromatic carbocycles. The molecule has 0 atom stereocenters. The van der Waals surface area contributed by atoms with Crippen molar-refractivity contribution < 1.29 is 5.11 Å². The molecule has 1 heteroatoms. The van der Waals surface area contributed by atoms with Crippen LogP contribution in [-0.2, 0) is 6.42 Å². The highest BCUT2D eigenvalue weighted by Crippen LogP contribution is 2.23. The fourth-order valence-electron chi connectivity index (χ4n) is 2.37. The standard InChI is InChI=1S/C17H28O/c1-3-4-5-6-7-8-9-10-13-16-14-11-12-15(2)17(16)18/h11-12,14,18H,3-10,13H2,1-2H3. The molecule has 18 heavy (non-hydrogen) atoms. The average Bonchev–Trinajstić information content (AvgIpc) is 2.37. The van der Waals surface area contributed by atoms with Gasteiger partial charge in [-0.3, -0.25) is 0 Å². The van der Waals surface area contributed by atoms with Crippen LogP contribution in [0.25, 0.3) is 0 Å². The zero-order valence-electron chi connectivity index (χ0n) is 12.0. The fourth-order valence-corrected chi connectivity index (χ4v) is 2.37. The van der Waals surface area contributed by atoms with E-state index < -0.39 is 0 Å².